The fourth-order valence-corrected chi connectivity index (χ4v) is 3.53. The lowest BCUT2D eigenvalue weighted by atomic mass is 9.99. The summed E-state index contributed by atoms with van der Waals surface area (Å²) >= 11 is 0. The van der Waals surface area contributed by atoms with E-state index in [-0.39, 0.29) is 0 Å². The van der Waals surface area contributed by atoms with Crippen LogP contribution in [0.4, 0.5) is 11.5 Å². The summed E-state index contributed by atoms with van der Waals surface area (Å²) in [4.78, 5) is 6.37. The Bertz CT molecular complexity index is 1010. The first-order chi connectivity index (χ1) is 13.5. The second kappa shape index (κ2) is 7.58. The average molecular weight is 378 g/mol. The Morgan fingerprint density at radius 3 is 2.79 bits per heavy atom. The molecular formula is C20H22N6O2. The van der Waals surface area contributed by atoms with Gasteiger partial charge in [0.1, 0.15) is 11.8 Å². The van der Waals surface area contributed by atoms with E-state index in [9.17, 15) is 10.2 Å². The molecule has 0 radical (unpaired) electrons. The first-order valence-electron chi connectivity index (χ1n) is 9.04. The van der Waals surface area contributed by atoms with Gasteiger partial charge in [-0.15, -0.1) is 6.42 Å². The van der Waals surface area contributed by atoms with Gasteiger partial charge in [0.25, 0.3) is 0 Å². The number of nitrogens with zero attached hydrogens (tertiary/aromatic N) is 4. The van der Waals surface area contributed by atoms with Crippen molar-refractivity contribution in [3.63, 3.8) is 0 Å². The van der Waals surface area contributed by atoms with Gasteiger partial charge in [-0.25, -0.2) is 9.50 Å². The number of anilines is 2. The Hall–Kier alpha value is -2.96. The molecule has 0 spiro atoms. The van der Waals surface area contributed by atoms with Gasteiger partial charge in [0.05, 0.1) is 18.2 Å². The van der Waals surface area contributed by atoms with Crippen molar-refractivity contribution in [1.29, 1.82) is 0 Å². The highest BCUT2D eigenvalue weighted by atomic mass is 16.3. The zero-order valence-corrected chi connectivity index (χ0v) is 15.2. The Kier molecular flexibility index (Phi) is 4.98. The SMILES string of the molecule is C#Cc1cccc(Nc2ncnn3ccc(CN4CC(O)C(N)[C@@H](O)C4)c23)c1. The van der Waals surface area contributed by atoms with Crippen LogP contribution in [0.5, 0.6) is 0 Å². The molecule has 0 amide bonds. The van der Waals surface area contributed by atoms with Crippen LogP contribution in [0, 0.1) is 12.3 Å². The molecule has 2 aromatic heterocycles. The summed E-state index contributed by atoms with van der Waals surface area (Å²) in [7, 11) is 0. The van der Waals surface area contributed by atoms with Crippen molar-refractivity contribution < 1.29 is 10.2 Å². The fourth-order valence-electron chi connectivity index (χ4n) is 3.53. The number of β-amino-alcohol motifs (C(OH)–C–C–N with tert-alkyl or cyclic N) is 2. The number of aliphatic hydroxyl groups is 2. The molecule has 3 atom stereocenters. The highest BCUT2D eigenvalue weighted by molar-refractivity contribution is 5.76. The van der Waals surface area contributed by atoms with Gasteiger partial charge in [0, 0.05) is 37.1 Å². The number of likely N-dealkylation sites (tertiary alicyclic amines) is 1. The van der Waals surface area contributed by atoms with Gasteiger partial charge >= 0.3 is 0 Å². The van der Waals surface area contributed by atoms with E-state index in [4.69, 9.17) is 12.2 Å². The van der Waals surface area contributed by atoms with Crippen LogP contribution in [0.2, 0.25) is 0 Å². The van der Waals surface area contributed by atoms with E-state index < -0.39 is 18.2 Å². The van der Waals surface area contributed by atoms with Crippen LogP contribution in [-0.2, 0) is 6.54 Å². The van der Waals surface area contributed by atoms with Gasteiger partial charge in [0.15, 0.2) is 5.82 Å². The fraction of sp³-hybridized carbons (Fsp3) is 0.300. The lowest BCUT2D eigenvalue weighted by Gasteiger charge is -2.37. The highest BCUT2D eigenvalue weighted by Gasteiger charge is 2.32. The summed E-state index contributed by atoms with van der Waals surface area (Å²) in [5, 5.41) is 27.7. The molecule has 2 unspecified atom stereocenters. The number of piperidine rings is 1. The Morgan fingerprint density at radius 2 is 2.04 bits per heavy atom. The third kappa shape index (κ3) is 3.56. The number of terminal acetylenes is 1. The van der Waals surface area contributed by atoms with E-state index in [1.165, 1.54) is 6.33 Å². The number of nitrogens with two attached hydrogens (primary N) is 1. The van der Waals surface area contributed by atoms with Gasteiger partial charge in [-0.05, 0) is 29.8 Å². The van der Waals surface area contributed by atoms with Crippen LogP contribution in [0.3, 0.4) is 0 Å². The Morgan fingerprint density at radius 1 is 1.25 bits per heavy atom. The minimum absolute atomic E-state index is 0.399. The number of aromatic nitrogens is 3. The third-order valence-corrected chi connectivity index (χ3v) is 5.00. The summed E-state index contributed by atoms with van der Waals surface area (Å²) in [6.45, 7) is 1.33. The molecule has 1 aliphatic heterocycles. The van der Waals surface area contributed by atoms with E-state index in [1.807, 2.05) is 41.4 Å². The molecule has 8 heteroatoms. The van der Waals surface area contributed by atoms with Crippen LogP contribution < -0.4 is 11.1 Å². The second-order valence-corrected chi connectivity index (χ2v) is 7.00. The molecule has 0 bridgehead atoms. The molecule has 3 heterocycles. The first kappa shape index (κ1) is 18.4. The molecule has 3 aromatic rings. The van der Waals surface area contributed by atoms with Crippen molar-refractivity contribution in [1.82, 2.24) is 19.5 Å². The highest BCUT2D eigenvalue weighted by Crippen LogP contribution is 2.25. The predicted octanol–water partition coefficient (Wildman–Crippen LogP) is 0.319. The maximum Gasteiger partial charge on any atom is 0.158 e. The molecule has 144 valence electrons. The third-order valence-electron chi connectivity index (χ3n) is 5.00. The standard InChI is InChI=1S/C20H22N6O2/c1-2-13-4-3-5-15(8-13)24-20-19-14(6-7-26(19)23-12-22-20)9-25-10-16(27)18(21)17(28)11-25/h1,3-8,12,16-18,27-28H,9-11,21H2,(H,22,23,24)/t16-,17?,18?/m0/s1. The molecule has 1 saturated heterocycles. The normalized spacial score (nSPS) is 22.9. The number of aliphatic hydroxyl groups excluding tert-OH is 2. The summed E-state index contributed by atoms with van der Waals surface area (Å²) in [6, 6.07) is 8.88. The Labute approximate surface area is 162 Å². The van der Waals surface area contributed by atoms with E-state index >= 15 is 0 Å². The molecule has 5 N–H and O–H groups in total. The number of fused-ring (bicyclic) bond motifs is 1. The van der Waals surface area contributed by atoms with Crippen LogP contribution in [0.15, 0.2) is 42.9 Å². The predicted molar refractivity (Wildman–Crippen MR) is 106 cm³/mol. The maximum atomic E-state index is 10.1. The van der Waals surface area contributed by atoms with E-state index in [2.05, 4.69) is 21.3 Å². The van der Waals surface area contributed by atoms with Crippen LogP contribution in [-0.4, -0.2) is 61.1 Å². The average Bonchev–Trinajstić information content (AvgIpc) is 3.10. The second-order valence-electron chi connectivity index (χ2n) is 7.00. The van der Waals surface area contributed by atoms with Crippen molar-refractivity contribution in [2.24, 2.45) is 5.73 Å². The molecule has 28 heavy (non-hydrogen) atoms. The number of hydrogen-bond donors (Lipinski definition) is 4. The van der Waals surface area contributed by atoms with Crippen molar-refractivity contribution in [2.75, 3.05) is 18.4 Å². The monoisotopic (exact) mass is 378 g/mol. The zero-order valence-electron chi connectivity index (χ0n) is 15.2. The molecule has 1 aliphatic rings. The van der Waals surface area contributed by atoms with Crippen LogP contribution in [0.25, 0.3) is 5.52 Å². The van der Waals surface area contributed by atoms with Gasteiger partial charge < -0.3 is 21.3 Å². The summed E-state index contributed by atoms with van der Waals surface area (Å²) in [6.07, 6.45) is 7.29. The van der Waals surface area contributed by atoms with Crippen molar-refractivity contribution in [3.05, 3.63) is 54.0 Å². The molecule has 1 aromatic carbocycles. The quantitative estimate of drug-likeness (QED) is 0.484. The van der Waals surface area contributed by atoms with E-state index in [0.29, 0.717) is 25.5 Å². The van der Waals surface area contributed by atoms with E-state index in [1.54, 1.807) is 4.52 Å². The summed E-state index contributed by atoms with van der Waals surface area (Å²) < 4.78 is 1.75. The van der Waals surface area contributed by atoms with Gasteiger partial charge in [-0.3, -0.25) is 4.90 Å². The Balaban J connectivity index is 1.63. The number of benzene rings is 1. The first-order valence-corrected chi connectivity index (χ1v) is 9.04. The zero-order chi connectivity index (χ0) is 19.7. The van der Waals surface area contributed by atoms with Crippen LogP contribution >= 0.6 is 0 Å². The molecule has 4 rings (SSSR count). The maximum absolute atomic E-state index is 10.1. The van der Waals surface area contributed by atoms with Crippen molar-refractivity contribution >= 4 is 17.0 Å². The molecule has 0 aliphatic carbocycles. The lowest BCUT2D eigenvalue weighted by Crippen LogP contribution is -2.58. The number of hydrogen-bond acceptors (Lipinski definition) is 7. The largest absolute Gasteiger partial charge is 0.390 e. The smallest absolute Gasteiger partial charge is 0.158 e. The van der Waals surface area contributed by atoms with E-state index in [0.717, 1.165) is 22.3 Å². The van der Waals surface area contributed by atoms with Gasteiger partial charge in [0.2, 0.25) is 0 Å². The van der Waals surface area contributed by atoms with Crippen molar-refractivity contribution in [2.45, 2.75) is 24.8 Å². The summed E-state index contributed by atoms with van der Waals surface area (Å²) in [5.74, 6) is 3.27. The molecular weight excluding hydrogens is 356 g/mol. The number of nitrogens with one attached hydrogen (secondary N) is 1. The van der Waals surface area contributed by atoms with Gasteiger partial charge in [-0.1, -0.05) is 12.0 Å². The van der Waals surface area contributed by atoms with Gasteiger partial charge in [-0.2, -0.15) is 5.10 Å². The molecule has 8 nitrogen and oxygen atoms in total. The minimum Gasteiger partial charge on any atom is -0.390 e. The summed E-state index contributed by atoms with van der Waals surface area (Å²) in [5.41, 5.74) is 9.22. The minimum atomic E-state index is -0.766. The molecule has 1 fully saturated rings. The van der Waals surface area contributed by atoms with Crippen molar-refractivity contribution in [3.8, 4) is 12.3 Å². The van der Waals surface area contributed by atoms with Crippen LogP contribution in [0.1, 0.15) is 11.1 Å². The topological polar surface area (TPSA) is 112 Å². The lowest BCUT2D eigenvalue weighted by molar-refractivity contribution is -0.0289. The molecule has 0 saturated carbocycles. The number of rotatable bonds is 4.